The van der Waals surface area contributed by atoms with Gasteiger partial charge in [0.25, 0.3) is 5.91 Å². The Morgan fingerprint density at radius 1 is 1.21 bits per heavy atom. The molecule has 0 saturated carbocycles. The van der Waals surface area contributed by atoms with Gasteiger partial charge in [-0.25, -0.2) is 0 Å². The summed E-state index contributed by atoms with van der Waals surface area (Å²) in [6, 6.07) is 6.33. The van der Waals surface area contributed by atoms with Gasteiger partial charge in [0.05, 0.1) is 17.5 Å². The highest BCUT2D eigenvalue weighted by Crippen LogP contribution is 2.32. The summed E-state index contributed by atoms with van der Waals surface area (Å²) >= 11 is 0. The van der Waals surface area contributed by atoms with Crippen LogP contribution >= 0.6 is 0 Å². The molecule has 2 aliphatic rings. The third-order valence-electron chi connectivity index (χ3n) is 6.73. The number of H-pyrrole nitrogens is 1. The Hall–Kier alpha value is -3.46. The molecule has 1 aromatic carbocycles. The first-order chi connectivity index (χ1) is 15.9. The number of carbonyl (C=O) groups is 2. The Balaban J connectivity index is 1.28. The minimum absolute atomic E-state index is 0.0387. The number of nitrogens with zero attached hydrogens (tertiary/aromatic N) is 6. The summed E-state index contributed by atoms with van der Waals surface area (Å²) in [5.74, 6) is 0.197. The largest absolute Gasteiger partial charge is 0.333 e. The van der Waals surface area contributed by atoms with E-state index in [0.29, 0.717) is 18.5 Å². The van der Waals surface area contributed by atoms with Crippen LogP contribution in [-0.4, -0.2) is 74.3 Å². The van der Waals surface area contributed by atoms with E-state index in [1.165, 1.54) is 5.56 Å². The molecule has 0 radical (unpaired) electrons. The van der Waals surface area contributed by atoms with Crippen LogP contribution in [0.4, 0.5) is 5.69 Å². The molecule has 9 nitrogen and oxygen atoms in total. The summed E-state index contributed by atoms with van der Waals surface area (Å²) in [6.07, 6.45) is 6.66. The molecule has 1 saturated heterocycles. The monoisotopic (exact) mass is 447 g/mol. The maximum atomic E-state index is 12.9. The van der Waals surface area contributed by atoms with Crippen LogP contribution in [-0.2, 0) is 24.8 Å². The second-order valence-electron chi connectivity index (χ2n) is 9.04. The third-order valence-corrected chi connectivity index (χ3v) is 6.73. The quantitative estimate of drug-likeness (QED) is 0.661. The number of anilines is 1. The number of aryl methyl sites for hydroxylation is 2. The van der Waals surface area contributed by atoms with Gasteiger partial charge in [0.2, 0.25) is 5.91 Å². The Morgan fingerprint density at radius 2 is 2.06 bits per heavy atom. The second kappa shape index (κ2) is 8.47. The molecule has 0 aliphatic carbocycles. The number of piperazine rings is 1. The Bertz CT molecular complexity index is 1200. The molecule has 1 atom stereocenters. The van der Waals surface area contributed by atoms with E-state index < -0.39 is 0 Å². The first kappa shape index (κ1) is 21.4. The lowest BCUT2D eigenvalue weighted by Gasteiger charge is -2.39. The molecule has 2 amide bonds. The zero-order valence-electron chi connectivity index (χ0n) is 19.3. The number of hydrogen-bond acceptors (Lipinski definition) is 5. The normalized spacial score (nSPS) is 19.1. The zero-order valence-corrected chi connectivity index (χ0v) is 19.3. The number of hydrogen-bond donors (Lipinski definition) is 1. The molecule has 1 N–H and O–H groups in total. The van der Waals surface area contributed by atoms with Crippen LogP contribution < -0.4 is 4.90 Å². The molecule has 0 unspecified atom stereocenters. The van der Waals surface area contributed by atoms with Gasteiger partial charge in [0.1, 0.15) is 0 Å². The van der Waals surface area contributed by atoms with Gasteiger partial charge in [-0.2, -0.15) is 10.2 Å². The molecule has 172 valence electrons. The summed E-state index contributed by atoms with van der Waals surface area (Å²) in [6.45, 7) is 5.14. The maximum Gasteiger partial charge on any atom is 0.257 e. The van der Waals surface area contributed by atoms with Crippen molar-refractivity contribution in [3.05, 3.63) is 53.5 Å². The number of amides is 2. The minimum Gasteiger partial charge on any atom is -0.333 e. The summed E-state index contributed by atoms with van der Waals surface area (Å²) in [7, 11) is 3.65. The van der Waals surface area contributed by atoms with Crippen molar-refractivity contribution >= 4 is 17.5 Å². The first-order valence-corrected chi connectivity index (χ1v) is 11.3. The topological polar surface area (TPSA) is 90.4 Å². The van der Waals surface area contributed by atoms with Crippen molar-refractivity contribution in [2.75, 3.05) is 31.6 Å². The summed E-state index contributed by atoms with van der Waals surface area (Å²) < 4.78 is 1.66. The number of aromatic nitrogens is 4. The molecule has 2 aromatic heterocycles. The van der Waals surface area contributed by atoms with Gasteiger partial charge >= 0.3 is 0 Å². The van der Waals surface area contributed by atoms with Crippen LogP contribution in [0.15, 0.2) is 36.8 Å². The Kier molecular flexibility index (Phi) is 5.49. The number of fused-ring (bicyclic) bond motifs is 1. The average Bonchev–Trinajstić information content (AvgIpc) is 3.45. The molecular formula is C24H29N7O2. The van der Waals surface area contributed by atoms with Gasteiger partial charge in [0.15, 0.2) is 0 Å². The van der Waals surface area contributed by atoms with E-state index in [1.807, 2.05) is 37.3 Å². The smallest absolute Gasteiger partial charge is 0.257 e. The number of carbonyl (C=O) groups excluding carboxylic acids is 2. The Labute approximate surface area is 193 Å². The molecule has 33 heavy (non-hydrogen) atoms. The Morgan fingerprint density at radius 3 is 2.82 bits per heavy atom. The molecule has 0 bridgehead atoms. The van der Waals surface area contributed by atoms with Crippen molar-refractivity contribution in [2.45, 2.75) is 32.4 Å². The van der Waals surface area contributed by atoms with Crippen molar-refractivity contribution in [3.8, 4) is 11.3 Å². The zero-order chi connectivity index (χ0) is 23.1. The average molecular weight is 448 g/mol. The van der Waals surface area contributed by atoms with Crippen LogP contribution in [0.2, 0.25) is 0 Å². The summed E-state index contributed by atoms with van der Waals surface area (Å²) in [5, 5.41) is 11.7. The molecule has 1 fully saturated rings. The minimum atomic E-state index is 0.0387. The molecule has 4 heterocycles. The number of nitrogens with one attached hydrogen (secondary N) is 1. The molecule has 0 spiro atoms. The highest BCUT2D eigenvalue weighted by atomic mass is 16.2. The van der Waals surface area contributed by atoms with Crippen LogP contribution in [0.1, 0.15) is 34.8 Å². The standard InChI is InChI=1S/C24H29N7O2/c1-16-13-30(8-9-31(16)24(33)20-12-26-28(2)14-20)15-19-11-25-27-23(19)18-4-6-21-17(10-18)5-7-22(32)29(21)3/h4,6,10-12,14,16H,5,7-9,13,15H2,1-3H3,(H,25,27)/t16-/m1/s1. The molecule has 2 aliphatic heterocycles. The van der Waals surface area contributed by atoms with Gasteiger partial charge in [0, 0.05) is 81.9 Å². The molecule has 9 heteroatoms. The van der Waals surface area contributed by atoms with Crippen LogP contribution in [0, 0.1) is 0 Å². The third kappa shape index (κ3) is 4.04. The second-order valence-corrected chi connectivity index (χ2v) is 9.04. The van der Waals surface area contributed by atoms with E-state index in [1.54, 1.807) is 22.0 Å². The summed E-state index contributed by atoms with van der Waals surface area (Å²) in [4.78, 5) is 30.9. The van der Waals surface area contributed by atoms with Crippen LogP contribution in [0.25, 0.3) is 11.3 Å². The first-order valence-electron chi connectivity index (χ1n) is 11.3. The highest BCUT2D eigenvalue weighted by Gasteiger charge is 2.29. The molecule has 5 rings (SSSR count). The van der Waals surface area contributed by atoms with E-state index in [2.05, 4.69) is 33.2 Å². The predicted molar refractivity (Wildman–Crippen MR) is 125 cm³/mol. The highest BCUT2D eigenvalue weighted by molar-refractivity contribution is 5.96. The number of rotatable bonds is 4. The van der Waals surface area contributed by atoms with E-state index >= 15 is 0 Å². The van der Waals surface area contributed by atoms with Crippen LogP contribution in [0.5, 0.6) is 0 Å². The fraction of sp³-hybridized carbons (Fsp3) is 0.417. The van der Waals surface area contributed by atoms with E-state index in [0.717, 1.165) is 48.6 Å². The van der Waals surface area contributed by atoms with Crippen LogP contribution in [0.3, 0.4) is 0 Å². The fourth-order valence-corrected chi connectivity index (χ4v) is 4.91. The van der Waals surface area contributed by atoms with Gasteiger partial charge < -0.3 is 9.80 Å². The van der Waals surface area contributed by atoms with Gasteiger partial charge in [-0.3, -0.25) is 24.3 Å². The van der Waals surface area contributed by atoms with Gasteiger partial charge in [-0.05, 0) is 31.0 Å². The molecule has 3 aromatic rings. The van der Waals surface area contributed by atoms with E-state index in [4.69, 9.17) is 0 Å². The lowest BCUT2D eigenvalue weighted by atomic mass is 9.97. The van der Waals surface area contributed by atoms with Crippen molar-refractivity contribution in [2.24, 2.45) is 7.05 Å². The predicted octanol–water partition coefficient (Wildman–Crippen LogP) is 2.07. The number of aromatic amines is 1. The SMILES string of the molecule is C[C@@H]1CN(Cc2c[nH]nc2-c2ccc3c(c2)CCC(=O)N3C)CCN1C(=O)c1cnn(C)c1. The van der Waals surface area contributed by atoms with Gasteiger partial charge in [-0.15, -0.1) is 0 Å². The maximum absolute atomic E-state index is 12.9. The fourth-order valence-electron chi connectivity index (χ4n) is 4.91. The van der Waals surface area contributed by atoms with Crippen molar-refractivity contribution < 1.29 is 9.59 Å². The van der Waals surface area contributed by atoms with Crippen molar-refractivity contribution in [1.82, 2.24) is 29.8 Å². The lowest BCUT2D eigenvalue weighted by molar-refractivity contribution is -0.118. The van der Waals surface area contributed by atoms with Crippen molar-refractivity contribution in [1.29, 1.82) is 0 Å². The summed E-state index contributed by atoms with van der Waals surface area (Å²) in [5.41, 5.74) is 5.93. The van der Waals surface area contributed by atoms with Gasteiger partial charge in [-0.1, -0.05) is 6.07 Å². The lowest BCUT2D eigenvalue weighted by Crippen LogP contribution is -2.53. The molecular weight excluding hydrogens is 418 g/mol. The number of benzene rings is 1. The van der Waals surface area contributed by atoms with E-state index in [9.17, 15) is 9.59 Å². The van der Waals surface area contributed by atoms with E-state index in [-0.39, 0.29) is 17.9 Å². The van der Waals surface area contributed by atoms with Crippen molar-refractivity contribution in [3.63, 3.8) is 0 Å².